The average Bonchev–Trinajstić information content (AvgIpc) is 2.59. The van der Waals surface area contributed by atoms with Crippen LogP contribution in [-0.2, 0) is 0 Å². The highest BCUT2D eigenvalue weighted by molar-refractivity contribution is 7.98. The minimum absolute atomic E-state index is 0.00956. The summed E-state index contributed by atoms with van der Waals surface area (Å²) in [5, 5.41) is 8.88. The third-order valence-electron chi connectivity index (χ3n) is 3.62. The van der Waals surface area contributed by atoms with Crippen molar-refractivity contribution in [1.82, 2.24) is 0 Å². The number of hydrogen-bond donors (Lipinski definition) is 1. The Labute approximate surface area is 147 Å². The van der Waals surface area contributed by atoms with Gasteiger partial charge in [0.2, 0.25) is 0 Å². The van der Waals surface area contributed by atoms with Crippen LogP contribution < -0.4 is 4.74 Å². The molecule has 0 atom stereocenters. The second kappa shape index (κ2) is 8.71. The molecule has 2 aromatic rings. The van der Waals surface area contributed by atoms with Crippen molar-refractivity contribution >= 4 is 23.6 Å². The van der Waals surface area contributed by atoms with E-state index in [0.29, 0.717) is 5.56 Å². The van der Waals surface area contributed by atoms with Gasteiger partial charge in [0.05, 0.1) is 6.61 Å². The van der Waals surface area contributed by atoms with Gasteiger partial charge in [-0.05, 0) is 79.3 Å². The van der Waals surface area contributed by atoms with Crippen LogP contribution in [0.25, 0.3) is 6.08 Å². The number of hydrogen-bond acceptors (Lipinski definition) is 4. The van der Waals surface area contributed by atoms with Gasteiger partial charge >= 0.3 is 0 Å². The number of ether oxygens (including phenoxy) is 1. The number of benzene rings is 2. The van der Waals surface area contributed by atoms with Crippen molar-refractivity contribution in [2.45, 2.75) is 18.7 Å². The maximum absolute atomic E-state index is 12.2. The van der Waals surface area contributed by atoms with Gasteiger partial charge in [-0.3, -0.25) is 4.79 Å². The molecule has 0 spiro atoms. The zero-order valence-electron chi connectivity index (χ0n) is 14.2. The first-order valence-corrected chi connectivity index (χ1v) is 8.99. The Bertz CT molecular complexity index is 710. The lowest BCUT2D eigenvalue weighted by Gasteiger charge is -2.12. The monoisotopic (exact) mass is 342 g/mol. The van der Waals surface area contributed by atoms with E-state index in [1.165, 1.54) is 0 Å². The summed E-state index contributed by atoms with van der Waals surface area (Å²) in [4.78, 5) is 13.4. The maximum Gasteiger partial charge on any atom is 0.185 e. The van der Waals surface area contributed by atoms with Gasteiger partial charge in [0.25, 0.3) is 0 Å². The molecule has 0 bridgehead atoms. The number of allylic oxidation sites excluding steroid dienone is 1. The number of thioether (sulfide) groups is 1. The van der Waals surface area contributed by atoms with Gasteiger partial charge in [-0.15, -0.1) is 11.8 Å². The molecule has 0 aliphatic heterocycles. The fraction of sp³-hybridized carbons (Fsp3) is 0.250. The summed E-state index contributed by atoms with van der Waals surface area (Å²) >= 11 is 1.65. The van der Waals surface area contributed by atoms with Crippen LogP contribution in [0.4, 0.5) is 0 Å². The number of carbonyl (C=O) groups is 1. The van der Waals surface area contributed by atoms with E-state index in [0.717, 1.165) is 27.3 Å². The fourth-order valence-corrected chi connectivity index (χ4v) is 2.89. The molecule has 0 radical (unpaired) electrons. The minimum atomic E-state index is -0.0152. The van der Waals surface area contributed by atoms with Crippen LogP contribution in [0, 0.1) is 13.8 Å². The quantitative estimate of drug-likeness (QED) is 0.463. The molecule has 0 amide bonds. The summed E-state index contributed by atoms with van der Waals surface area (Å²) in [5.74, 6) is 0.777. The van der Waals surface area contributed by atoms with E-state index in [2.05, 4.69) is 0 Å². The first-order valence-electron chi connectivity index (χ1n) is 7.76. The van der Waals surface area contributed by atoms with Crippen LogP contribution in [0.2, 0.25) is 0 Å². The minimum Gasteiger partial charge on any atom is -0.491 e. The third kappa shape index (κ3) is 4.73. The van der Waals surface area contributed by atoms with Crippen LogP contribution in [-0.4, -0.2) is 30.4 Å². The summed E-state index contributed by atoms with van der Waals surface area (Å²) in [6, 6.07) is 11.5. The van der Waals surface area contributed by atoms with Crippen LogP contribution in [0.15, 0.2) is 47.4 Å². The Morgan fingerprint density at radius 3 is 2.33 bits per heavy atom. The zero-order chi connectivity index (χ0) is 17.5. The van der Waals surface area contributed by atoms with Crippen molar-refractivity contribution in [2.24, 2.45) is 0 Å². The standard InChI is InChI=1S/C20H22O3S/c1-14-12-16(13-15(2)20(14)23-11-10-21)4-9-19(22)17-5-7-18(24-3)8-6-17/h4-9,12-13,21H,10-11H2,1-3H3/b9-4+. The molecule has 0 fully saturated rings. The number of aliphatic hydroxyl groups excluding tert-OH is 1. The molecule has 24 heavy (non-hydrogen) atoms. The van der Waals surface area contributed by atoms with Gasteiger partial charge in [-0.2, -0.15) is 0 Å². The van der Waals surface area contributed by atoms with Gasteiger partial charge in [0, 0.05) is 10.5 Å². The van der Waals surface area contributed by atoms with E-state index < -0.39 is 0 Å². The molecular weight excluding hydrogens is 320 g/mol. The maximum atomic E-state index is 12.2. The second-order valence-corrected chi connectivity index (χ2v) is 6.36. The summed E-state index contributed by atoms with van der Waals surface area (Å²) in [6.45, 7) is 4.19. The molecule has 2 rings (SSSR count). The number of aryl methyl sites for hydroxylation is 2. The Kier molecular flexibility index (Phi) is 6.64. The summed E-state index contributed by atoms with van der Waals surface area (Å²) < 4.78 is 5.55. The highest BCUT2D eigenvalue weighted by Crippen LogP contribution is 2.25. The van der Waals surface area contributed by atoms with E-state index in [1.54, 1.807) is 17.8 Å². The van der Waals surface area contributed by atoms with E-state index in [-0.39, 0.29) is 19.0 Å². The Balaban J connectivity index is 2.14. The van der Waals surface area contributed by atoms with Gasteiger partial charge in [-0.25, -0.2) is 0 Å². The van der Waals surface area contributed by atoms with Crippen molar-refractivity contribution in [3.63, 3.8) is 0 Å². The van der Waals surface area contributed by atoms with Crippen LogP contribution in [0.5, 0.6) is 5.75 Å². The number of rotatable bonds is 7. The highest BCUT2D eigenvalue weighted by Gasteiger charge is 2.06. The molecule has 0 saturated carbocycles. The highest BCUT2D eigenvalue weighted by atomic mass is 32.2. The first kappa shape index (κ1) is 18.3. The number of ketones is 1. The molecule has 0 aromatic heterocycles. The number of carbonyl (C=O) groups excluding carboxylic acids is 1. The predicted molar refractivity (Wildman–Crippen MR) is 100 cm³/mol. The molecule has 0 aliphatic carbocycles. The predicted octanol–water partition coefficient (Wildman–Crippen LogP) is 4.29. The lowest BCUT2D eigenvalue weighted by Crippen LogP contribution is -2.04. The molecule has 1 N–H and O–H groups in total. The lowest BCUT2D eigenvalue weighted by molar-refractivity contribution is 0.104. The van der Waals surface area contributed by atoms with E-state index in [1.807, 2.05) is 62.6 Å². The van der Waals surface area contributed by atoms with E-state index >= 15 is 0 Å². The Morgan fingerprint density at radius 1 is 1.17 bits per heavy atom. The van der Waals surface area contributed by atoms with Crippen molar-refractivity contribution in [3.05, 3.63) is 64.7 Å². The first-order chi connectivity index (χ1) is 11.5. The summed E-state index contributed by atoms with van der Waals surface area (Å²) in [5.41, 5.74) is 3.61. The molecule has 0 unspecified atom stereocenters. The van der Waals surface area contributed by atoms with Gasteiger partial charge in [0.15, 0.2) is 5.78 Å². The average molecular weight is 342 g/mol. The normalized spacial score (nSPS) is 11.0. The third-order valence-corrected chi connectivity index (χ3v) is 4.37. The molecule has 3 nitrogen and oxygen atoms in total. The molecular formula is C20H22O3S. The van der Waals surface area contributed by atoms with Crippen LogP contribution >= 0.6 is 11.8 Å². The lowest BCUT2D eigenvalue weighted by atomic mass is 10.0. The van der Waals surface area contributed by atoms with E-state index in [4.69, 9.17) is 9.84 Å². The van der Waals surface area contributed by atoms with Gasteiger partial charge in [0.1, 0.15) is 12.4 Å². The van der Waals surface area contributed by atoms with Crippen LogP contribution in [0.3, 0.4) is 0 Å². The molecule has 126 valence electrons. The van der Waals surface area contributed by atoms with Gasteiger partial charge < -0.3 is 9.84 Å². The largest absolute Gasteiger partial charge is 0.491 e. The van der Waals surface area contributed by atoms with Crippen molar-refractivity contribution in [3.8, 4) is 5.75 Å². The molecule has 0 saturated heterocycles. The summed E-state index contributed by atoms with van der Waals surface area (Å²) in [6.07, 6.45) is 5.42. The molecule has 0 aliphatic rings. The van der Waals surface area contributed by atoms with Crippen molar-refractivity contribution < 1.29 is 14.6 Å². The molecule has 4 heteroatoms. The SMILES string of the molecule is CSc1ccc(C(=O)/C=C/c2cc(C)c(OCCO)c(C)c2)cc1. The Morgan fingerprint density at radius 2 is 1.79 bits per heavy atom. The molecule has 0 heterocycles. The van der Waals surface area contributed by atoms with Gasteiger partial charge in [-0.1, -0.05) is 6.08 Å². The van der Waals surface area contributed by atoms with E-state index in [9.17, 15) is 4.79 Å². The van der Waals surface area contributed by atoms with Crippen molar-refractivity contribution in [2.75, 3.05) is 19.5 Å². The summed E-state index contributed by atoms with van der Waals surface area (Å²) in [7, 11) is 0. The zero-order valence-corrected chi connectivity index (χ0v) is 15.0. The smallest absolute Gasteiger partial charge is 0.185 e. The molecule has 2 aromatic carbocycles. The second-order valence-electron chi connectivity index (χ2n) is 5.48. The van der Waals surface area contributed by atoms with Crippen molar-refractivity contribution in [1.29, 1.82) is 0 Å². The van der Waals surface area contributed by atoms with Crippen LogP contribution in [0.1, 0.15) is 27.0 Å². The fourth-order valence-electron chi connectivity index (χ4n) is 2.48. The topological polar surface area (TPSA) is 46.5 Å². The number of aliphatic hydroxyl groups is 1. The Hall–Kier alpha value is -2.04.